The highest BCUT2D eigenvalue weighted by Gasteiger charge is 2.30. The van der Waals surface area contributed by atoms with Crippen LogP contribution in [0.5, 0.6) is 11.5 Å². The van der Waals surface area contributed by atoms with Crippen molar-refractivity contribution in [1.82, 2.24) is 10.9 Å². The molecule has 2 aromatic rings. The first-order valence-electron chi connectivity index (χ1n) is 8.12. The van der Waals surface area contributed by atoms with Crippen LogP contribution in [0.15, 0.2) is 48.5 Å². The highest BCUT2D eigenvalue weighted by atomic mass is 32.1. The summed E-state index contributed by atoms with van der Waals surface area (Å²) in [5.74, 6) is -0.126. The zero-order valence-corrected chi connectivity index (χ0v) is 15.8. The van der Waals surface area contributed by atoms with Gasteiger partial charge < -0.3 is 14.8 Å². The van der Waals surface area contributed by atoms with Gasteiger partial charge in [0.25, 0.3) is 5.91 Å². The van der Waals surface area contributed by atoms with Crippen molar-refractivity contribution < 1.29 is 27.4 Å². The molecule has 1 amide bonds. The number of thiocarbonyl (C=S) groups is 1. The topological polar surface area (TPSA) is 71.6 Å². The molecule has 0 aliphatic rings. The summed E-state index contributed by atoms with van der Waals surface area (Å²) in [5, 5.41) is 2.77. The normalized spacial score (nSPS) is 10.9. The summed E-state index contributed by atoms with van der Waals surface area (Å²) in [4.78, 5) is 12.1. The van der Waals surface area contributed by atoms with Gasteiger partial charge in [-0.05, 0) is 74.6 Å². The van der Waals surface area contributed by atoms with Gasteiger partial charge in [0.15, 0.2) is 5.11 Å². The summed E-state index contributed by atoms with van der Waals surface area (Å²) in [7, 11) is 0. The van der Waals surface area contributed by atoms with E-state index in [0.717, 1.165) is 12.1 Å². The van der Waals surface area contributed by atoms with E-state index in [9.17, 15) is 18.0 Å². The van der Waals surface area contributed by atoms with Crippen molar-refractivity contribution >= 4 is 28.9 Å². The van der Waals surface area contributed by atoms with Crippen LogP contribution in [0, 0.1) is 0 Å². The molecule has 0 fully saturated rings. The molecule has 0 aliphatic heterocycles. The van der Waals surface area contributed by atoms with E-state index in [1.807, 2.05) is 13.8 Å². The number of hydrogen-bond acceptors (Lipinski definition) is 4. The van der Waals surface area contributed by atoms with Crippen LogP contribution in [0.4, 0.5) is 18.9 Å². The fraction of sp³-hybridized carbons (Fsp3) is 0.222. The standard InChI is InChI=1S/C18H18F3N3O3S/c1-11(2)26-14-7-3-12(4-8-14)16(25)23-24-17(28)22-13-5-9-15(10-6-13)27-18(19,20)21/h3-11H,1-2H3,(H,23,25)(H2,22,24,28). The van der Waals surface area contributed by atoms with Gasteiger partial charge in [-0.3, -0.25) is 15.6 Å². The van der Waals surface area contributed by atoms with Gasteiger partial charge in [0.05, 0.1) is 6.10 Å². The van der Waals surface area contributed by atoms with Crippen molar-refractivity contribution in [3.05, 3.63) is 54.1 Å². The van der Waals surface area contributed by atoms with E-state index in [-0.39, 0.29) is 17.0 Å². The third-order valence-corrected chi connectivity index (χ3v) is 3.33. The lowest BCUT2D eigenvalue weighted by molar-refractivity contribution is -0.274. The molecule has 0 heterocycles. The molecule has 2 aromatic carbocycles. The summed E-state index contributed by atoms with van der Waals surface area (Å²) in [6.45, 7) is 3.80. The van der Waals surface area contributed by atoms with Crippen LogP contribution in [-0.4, -0.2) is 23.5 Å². The van der Waals surface area contributed by atoms with E-state index in [1.54, 1.807) is 24.3 Å². The van der Waals surface area contributed by atoms with Crippen LogP contribution < -0.4 is 25.6 Å². The molecule has 2 rings (SSSR count). The number of hydrazine groups is 1. The number of amides is 1. The second-order valence-electron chi connectivity index (χ2n) is 5.80. The average molecular weight is 413 g/mol. The first-order valence-corrected chi connectivity index (χ1v) is 8.53. The molecular weight excluding hydrogens is 395 g/mol. The number of nitrogens with one attached hydrogen (secondary N) is 3. The molecule has 0 unspecified atom stereocenters. The maximum atomic E-state index is 12.1. The predicted octanol–water partition coefficient (Wildman–Crippen LogP) is 4.00. The van der Waals surface area contributed by atoms with Gasteiger partial charge in [-0.1, -0.05) is 0 Å². The Labute approximate surface area is 165 Å². The van der Waals surface area contributed by atoms with Crippen molar-refractivity contribution in [3.63, 3.8) is 0 Å². The Morgan fingerprint density at radius 3 is 2.07 bits per heavy atom. The lowest BCUT2D eigenvalue weighted by Gasteiger charge is -2.13. The summed E-state index contributed by atoms with van der Waals surface area (Å²) < 4.78 is 45.7. The van der Waals surface area contributed by atoms with Gasteiger partial charge in [-0.2, -0.15) is 0 Å². The smallest absolute Gasteiger partial charge is 0.491 e. The number of alkyl halides is 3. The Bertz CT molecular complexity index is 810. The summed E-state index contributed by atoms with van der Waals surface area (Å²) in [6, 6.07) is 11.5. The molecule has 10 heteroatoms. The van der Waals surface area contributed by atoms with Crippen LogP contribution in [0.1, 0.15) is 24.2 Å². The molecule has 0 aliphatic carbocycles. The third kappa shape index (κ3) is 7.31. The highest BCUT2D eigenvalue weighted by molar-refractivity contribution is 7.80. The average Bonchev–Trinajstić information content (AvgIpc) is 2.60. The first kappa shape index (κ1) is 21.3. The van der Waals surface area contributed by atoms with Crippen LogP contribution in [0.3, 0.4) is 0 Å². The number of halogens is 3. The van der Waals surface area contributed by atoms with Gasteiger partial charge >= 0.3 is 6.36 Å². The quantitative estimate of drug-likeness (QED) is 0.508. The van der Waals surface area contributed by atoms with Gasteiger partial charge in [-0.25, -0.2) is 0 Å². The van der Waals surface area contributed by atoms with E-state index >= 15 is 0 Å². The molecular formula is C18H18F3N3O3S. The molecule has 150 valence electrons. The molecule has 0 radical (unpaired) electrons. The molecule has 0 bridgehead atoms. The van der Waals surface area contributed by atoms with E-state index in [2.05, 4.69) is 20.9 Å². The fourth-order valence-electron chi connectivity index (χ4n) is 2.05. The van der Waals surface area contributed by atoms with Gasteiger partial charge in [0.2, 0.25) is 0 Å². The second kappa shape index (κ2) is 9.27. The van der Waals surface area contributed by atoms with Gasteiger partial charge in [-0.15, -0.1) is 13.2 Å². The number of anilines is 1. The molecule has 6 nitrogen and oxygen atoms in total. The van der Waals surface area contributed by atoms with Crippen molar-refractivity contribution in [2.45, 2.75) is 26.3 Å². The molecule has 3 N–H and O–H groups in total. The van der Waals surface area contributed by atoms with Crippen molar-refractivity contribution in [3.8, 4) is 11.5 Å². The number of carbonyl (C=O) groups is 1. The Hall–Kier alpha value is -3.01. The lowest BCUT2D eigenvalue weighted by Crippen LogP contribution is -2.43. The van der Waals surface area contributed by atoms with Crippen LogP contribution >= 0.6 is 12.2 Å². The Kier molecular flexibility index (Phi) is 7.05. The molecule has 28 heavy (non-hydrogen) atoms. The zero-order valence-electron chi connectivity index (χ0n) is 15.0. The molecule has 0 saturated heterocycles. The predicted molar refractivity (Wildman–Crippen MR) is 102 cm³/mol. The Morgan fingerprint density at radius 1 is 0.964 bits per heavy atom. The largest absolute Gasteiger partial charge is 0.573 e. The number of benzene rings is 2. The zero-order chi connectivity index (χ0) is 20.7. The highest BCUT2D eigenvalue weighted by Crippen LogP contribution is 2.23. The minimum Gasteiger partial charge on any atom is -0.491 e. The number of ether oxygens (including phenoxy) is 2. The molecule has 0 spiro atoms. The Morgan fingerprint density at radius 2 is 1.54 bits per heavy atom. The number of carbonyl (C=O) groups excluding carboxylic acids is 1. The molecule has 0 aromatic heterocycles. The van der Waals surface area contributed by atoms with E-state index in [0.29, 0.717) is 17.0 Å². The minimum absolute atomic E-state index is 0.0267. The van der Waals surface area contributed by atoms with E-state index in [4.69, 9.17) is 17.0 Å². The SMILES string of the molecule is CC(C)Oc1ccc(C(=O)NNC(=S)Nc2ccc(OC(F)(F)F)cc2)cc1. The summed E-state index contributed by atoms with van der Waals surface area (Å²) in [5.41, 5.74) is 5.72. The van der Waals surface area contributed by atoms with E-state index in [1.165, 1.54) is 12.1 Å². The Balaban J connectivity index is 1.82. The first-order chi connectivity index (χ1) is 13.1. The van der Waals surface area contributed by atoms with Crippen LogP contribution in [0.2, 0.25) is 0 Å². The number of hydrogen-bond donors (Lipinski definition) is 3. The van der Waals surface area contributed by atoms with Gasteiger partial charge in [0, 0.05) is 11.3 Å². The van der Waals surface area contributed by atoms with Crippen molar-refractivity contribution in [2.24, 2.45) is 0 Å². The van der Waals surface area contributed by atoms with Crippen molar-refractivity contribution in [1.29, 1.82) is 0 Å². The maximum Gasteiger partial charge on any atom is 0.573 e. The van der Waals surface area contributed by atoms with Crippen LogP contribution in [0.25, 0.3) is 0 Å². The molecule has 0 atom stereocenters. The summed E-state index contributed by atoms with van der Waals surface area (Å²) >= 11 is 5.02. The fourth-order valence-corrected chi connectivity index (χ4v) is 2.21. The van der Waals surface area contributed by atoms with E-state index < -0.39 is 12.3 Å². The number of rotatable bonds is 5. The summed E-state index contributed by atoms with van der Waals surface area (Å²) in [6.07, 6.45) is -4.73. The second-order valence-corrected chi connectivity index (χ2v) is 6.20. The molecule has 0 saturated carbocycles. The maximum absolute atomic E-state index is 12.1. The monoisotopic (exact) mass is 413 g/mol. The third-order valence-electron chi connectivity index (χ3n) is 3.12. The van der Waals surface area contributed by atoms with Crippen molar-refractivity contribution in [2.75, 3.05) is 5.32 Å². The van der Waals surface area contributed by atoms with Crippen LogP contribution in [-0.2, 0) is 0 Å². The lowest BCUT2D eigenvalue weighted by atomic mass is 10.2. The minimum atomic E-state index is -4.75. The van der Waals surface area contributed by atoms with Gasteiger partial charge in [0.1, 0.15) is 11.5 Å².